The molecule has 2 aliphatic heterocycles. The molecule has 2 saturated heterocycles. The van der Waals surface area contributed by atoms with Crippen LogP contribution in [0.15, 0.2) is 33.7 Å². The number of nitrogens with one attached hydrogen (secondary N) is 1. The van der Waals surface area contributed by atoms with Crippen LogP contribution in [-0.4, -0.2) is 67.7 Å². The zero-order valence-electron chi connectivity index (χ0n) is 17.1. The highest BCUT2D eigenvalue weighted by molar-refractivity contribution is 14.0. The van der Waals surface area contributed by atoms with Crippen molar-refractivity contribution in [3.63, 3.8) is 0 Å². The molecular formula is C21H34BrIN4O. The third-order valence-corrected chi connectivity index (χ3v) is 6.28. The van der Waals surface area contributed by atoms with Crippen molar-refractivity contribution in [1.82, 2.24) is 15.1 Å². The molecule has 0 bridgehead atoms. The van der Waals surface area contributed by atoms with Gasteiger partial charge in [-0.05, 0) is 63.4 Å². The van der Waals surface area contributed by atoms with Gasteiger partial charge in [0.25, 0.3) is 0 Å². The van der Waals surface area contributed by atoms with Gasteiger partial charge in [-0.15, -0.1) is 24.0 Å². The van der Waals surface area contributed by atoms with Gasteiger partial charge in [-0.1, -0.05) is 28.1 Å². The molecule has 0 amide bonds. The number of hydrogen-bond donors (Lipinski definition) is 1. The number of guanidine groups is 1. The van der Waals surface area contributed by atoms with Crippen molar-refractivity contribution in [2.24, 2.45) is 4.99 Å². The molecule has 2 fully saturated rings. The van der Waals surface area contributed by atoms with Crippen molar-refractivity contribution in [3.8, 4) is 0 Å². The molecule has 0 atom stereocenters. The number of nitrogens with zero attached hydrogens (tertiary/aromatic N) is 3. The van der Waals surface area contributed by atoms with E-state index >= 15 is 0 Å². The Balaban J connectivity index is 0.00000280. The first-order chi connectivity index (χ1) is 13.1. The molecule has 7 heteroatoms. The molecule has 0 radical (unpaired) electrons. The highest BCUT2D eigenvalue weighted by Crippen LogP contribution is 2.31. The van der Waals surface area contributed by atoms with Crippen LogP contribution in [0.1, 0.15) is 38.2 Å². The zero-order valence-corrected chi connectivity index (χ0v) is 21.0. The fourth-order valence-corrected chi connectivity index (χ4v) is 4.41. The second-order valence-corrected chi connectivity index (χ2v) is 8.60. The Bertz CT molecular complexity index is 613. The zero-order chi connectivity index (χ0) is 19.1. The van der Waals surface area contributed by atoms with Gasteiger partial charge >= 0.3 is 0 Å². The number of rotatable bonds is 6. The lowest BCUT2D eigenvalue weighted by atomic mass is 9.88. The van der Waals surface area contributed by atoms with E-state index in [9.17, 15) is 0 Å². The summed E-state index contributed by atoms with van der Waals surface area (Å²) in [6, 6.07) is 8.51. The van der Waals surface area contributed by atoms with Gasteiger partial charge in [-0.2, -0.15) is 0 Å². The lowest BCUT2D eigenvalue weighted by Gasteiger charge is -2.43. The van der Waals surface area contributed by atoms with Crippen molar-refractivity contribution in [2.75, 3.05) is 46.4 Å². The first-order valence-corrected chi connectivity index (χ1v) is 11.0. The Morgan fingerprint density at radius 1 is 1.21 bits per heavy atom. The molecule has 1 aromatic carbocycles. The second-order valence-electron chi connectivity index (χ2n) is 7.68. The minimum atomic E-state index is 0. The van der Waals surface area contributed by atoms with Crippen molar-refractivity contribution < 1.29 is 4.74 Å². The fraction of sp³-hybridized carbons (Fsp3) is 0.667. The molecule has 5 nitrogen and oxygen atoms in total. The lowest BCUT2D eigenvalue weighted by Crippen LogP contribution is -2.54. The van der Waals surface area contributed by atoms with Crippen LogP contribution in [0, 0.1) is 0 Å². The minimum Gasteiger partial charge on any atom is -0.381 e. The van der Waals surface area contributed by atoms with Gasteiger partial charge in [0.2, 0.25) is 0 Å². The monoisotopic (exact) mass is 564 g/mol. The van der Waals surface area contributed by atoms with Crippen molar-refractivity contribution >= 4 is 45.9 Å². The molecule has 3 rings (SSSR count). The van der Waals surface area contributed by atoms with E-state index in [1.54, 1.807) is 0 Å². The number of likely N-dealkylation sites (tertiary alicyclic amines) is 1. The number of ether oxygens (including phenoxy) is 1. The summed E-state index contributed by atoms with van der Waals surface area (Å²) in [7, 11) is 2.12. The Morgan fingerprint density at radius 2 is 1.86 bits per heavy atom. The number of benzene rings is 1. The Kier molecular flexibility index (Phi) is 10.00. The van der Waals surface area contributed by atoms with E-state index in [4.69, 9.17) is 9.73 Å². The molecule has 0 aromatic heterocycles. The van der Waals surface area contributed by atoms with Gasteiger partial charge < -0.3 is 15.0 Å². The molecule has 2 aliphatic rings. The lowest BCUT2D eigenvalue weighted by molar-refractivity contribution is -0.0139. The SMILES string of the molecule is CCNC(=NCC1(N2CCCC2)CCOCC1)N(C)Cc1ccc(Br)cc1.I. The molecule has 0 unspecified atom stereocenters. The fourth-order valence-electron chi connectivity index (χ4n) is 4.15. The van der Waals surface area contributed by atoms with Crippen LogP contribution in [0.2, 0.25) is 0 Å². The van der Waals surface area contributed by atoms with E-state index < -0.39 is 0 Å². The first kappa shape index (κ1) is 23.9. The average Bonchev–Trinajstić information content (AvgIpc) is 3.23. The number of aliphatic imine (C=N–C) groups is 1. The van der Waals surface area contributed by atoms with Crippen LogP contribution in [0.25, 0.3) is 0 Å². The quantitative estimate of drug-likeness (QED) is 0.321. The predicted octanol–water partition coefficient (Wildman–Crippen LogP) is 4.11. The van der Waals surface area contributed by atoms with E-state index in [-0.39, 0.29) is 29.5 Å². The van der Waals surface area contributed by atoms with Crippen LogP contribution < -0.4 is 5.32 Å². The van der Waals surface area contributed by atoms with E-state index in [0.29, 0.717) is 0 Å². The van der Waals surface area contributed by atoms with E-state index in [0.717, 1.165) is 56.1 Å². The maximum Gasteiger partial charge on any atom is 0.194 e. The summed E-state index contributed by atoms with van der Waals surface area (Å²) >= 11 is 3.51. The molecule has 158 valence electrons. The molecule has 28 heavy (non-hydrogen) atoms. The smallest absolute Gasteiger partial charge is 0.194 e. The Labute approximate surface area is 195 Å². The normalized spacial score (nSPS) is 19.9. The highest BCUT2D eigenvalue weighted by Gasteiger charge is 2.39. The highest BCUT2D eigenvalue weighted by atomic mass is 127. The molecule has 1 aromatic rings. The second kappa shape index (κ2) is 11.7. The predicted molar refractivity (Wildman–Crippen MR) is 131 cm³/mol. The van der Waals surface area contributed by atoms with Gasteiger partial charge in [0.15, 0.2) is 5.96 Å². The maximum atomic E-state index is 5.67. The van der Waals surface area contributed by atoms with Gasteiger partial charge in [0, 0.05) is 43.4 Å². The largest absolute Gasteiger partial charge is 0.381 e. The first-order valence-electron chi connectivity index (χ1n) is 10.2. The summed E-state index contributed by atoms with van der Waals surface area (Å²) in [4.78, 5) is 10.00. The summed E-state index contributed by atoms with van der Waals surface area (Å²) in [6.07, 6.45) is 4.81. The molecule has 0 aliphatic carbocycles. The summed E-state index contributed by atoms with van der Waals surface area (Å²) in [5, 5.41) is 3.48. The van der Waals surface area contributed by atoms with Crippen LogP contribution in [0.3, 0.4) is 0 Å². The third kappa shape index (κ3) is 6.31. The standard InChI is InChI=1S/C21H33BrN4O.HI/c1-3-23-20(25(2)16-18-6-8-19(22)9-7-18)24-17-21(10-14-27-15-11-21)26-12-4-5-13-26;/h6-9H,3-5,10-17H2,1-2H3,(H,23,24);1H. The van der Waals surface area contributed by atoms with Gasteiger partial charge in [-0.25, -0.2) is 0 Å². The van der Waals surface area contributed by atoms with E-state index in [1.807, 2.05) is 0 Å². The maximum absolute atomic E-state index is 5.67. The van der Waals surface area contributed by atoms with Gasteiger partial charge in [0.1, 0.15) is 0 Å². The van der Waals surface area contributed by atoms with E-state index in [2.05, 4.69) is 69.3 Å². The topological polar surface area (TPSA) is 40.1 Å². The van der Waals surface area contributed by atoms with Crippen molar-refractivity contribution in [2.45, 2.75) is 44.7 Å². The van der Waals surface area contributed by atoms with E-state index in [1.165, 1.54) is 31.5 Å². The van der Waals surface area contributed by atoms with Gasteiger partial charge in [0.05, 0.1) is 6.54 Å². The number of hydrogen-bond acceptors (Lipinski definition) is 3. The average molecular weight is 565 g/mol. The minimum absolute atomic E-state index is 0. The molecule has 2 heterocycles. The Hall–Kier alpha value is -0.380. The summed E-state index contributed by atoms with van der Waals surface area (Å²) in [5.74, 6) is 0.991. The summed E-state index contributed by atoms with van der Waals surface area (Å²) < 4.78 is 6.78. The van der Waals surface area contributed by atoms with Crippen LogP contribution in [-0.2, 0) is 11.3 Å². The van der Waals surface area contributed by atoms with Crippen LogP contribution in [0.4, 0.5) is 0 Å². The summed E-state index contributed by atoms with van der Waals surface area (Å²) in [5.41, 5.74) is 1.46. The number of halogens is 2. The van der Waals surface area contributed by atoms with Crippen molar-refractivity contribution in [3.05, 3.63) is 34.3 Å². The van der Waals surface area contributed by atoms with Gasteiger partial charge in [-0.3, -0.25) is 9.89 Å². The van der Waals surface area contributed by atoms with Crippen LogP contribution in [0.5, 0.6) is 0 Å². The molecule has 1 N–H and O–H groups in total. The molecular weight excluding hydrogens is 531 g/mol. The molecule has 0 saturated carbocycles. The Morgan fingerprint density at radius 3 is 2.46 bits per heavy atom. The third-order valence-electron chi connectivity index (χ3n) is 5.75. The van der Waals surface area contributed by atoms with Crippen LogP contribution >= 0.6 is 39.9 Å². The molecule has 0 spiro atoms. The summed E-state index contributed by atoms with van der Waals surface area (Å²) in [6.45, 7) is 8.84. The van der Waals surface area contributed by atoms with Crippen molar-refractivity contribution in [1.29, 1.82) is 0 Å².